The minimum Gasteiger partial charge on any atom is -0.494 e. The van der Waals surface area contributed by atoms with E-state index in [0.29, 0.717) is 17.9 Å². The maximum absolute atomic E-state index is 12.6. The van der Waals surface area contributed by atoms with Crippen LogP contribution >= 0.6 is 0 Å². The zero-order chi connectivity index (χ0) is 22.5. The molecule has 0 aromatic heterocycles. The molecule has 0 aliphatic carbocycles. The van der Waals surface area contributed by atoms with Gasteiger partial charge < -0.3 is 20.3 Å². The molecule has 2 aromatic rings. The Balaban J connectivity index is 1.85. The summed E-state index contributed by atoms with van der Waals surface area (Å²) < 4.78 is 5.68. The number of nitrogens with one attached hydrogen (secondary N) is 2. The molecule has 6 nitrogen and oxygen atoms in total. The second-order valence-corrected chi connectivity index (χ2v) is 7.50. The highest BCUT2D eigenvalue weighted by atomic mass is 16.5. The lowest BCUT2D eigenvalue weighted by Crippen LogP contribution is -2.32. The van der Waals surface area contributed by atoms with Crippen LogP contribution in [0.2, 0.25) is 0 Å². The van der Waals surface area contributed by atoms with Crippen LogP contribution in [0.5, 0.6) is 5.75 Å². The molecule has 2 rings (SSSR count). The maximum atomic E-state index is 12.6. The van der Waals surface area contributed by atoms with Crippen LogP contribution in [0.4, 0.5) is 11.4 Å². The number of rotatable bonds is 13. The molecular formula is C25H35N3O3. The first-order valence-corrected chi connectivity index (χ1v) is 11.2. The molecule has 2 aromatic carbocycles. The van der Waals surface area contributed by atoms with Crippen molar-refractivity contribution in [2.24, 2.45) is 0 Å². The first-order valence-electron chi connectivity index (χ1n) is 11.2. The van der Waals surface area contributed by atoms with Crippen molar-refractivity contribution in [3.05, 3.63) is 54.1 Å². The molecule has 0 saturated carbocycles. The number of hydrogen-bond donors (Lipinski definition) is 2. The first-order chi connectivity index (χ1) is 15.1. The summed E-state index contributed by atoms with van der Waals surface area (Å²) in [4.78, 5) is 26.8. The summed E-state index contributed by atoms with van der Waals surface area (Å²) in [7, 11) is 0. The normalized spacial score (nSPS) is 10.4. The SMILES string of the molecule is CCCCOc1cccc(NC(=O)CNc2ccc(C(=O)N(CCC)CCC)cc2)c1. The summed E-state index contributed by atoms with van der Waals surface area (Å²) in [6, 6.07) is 14.7. The molecule has 168 valence electrons. The van der Waals surface area contributed by atoms with Gasteiger partial charge in [-0.05, 0) is 55.7 Å². The summed E-state index contributed by atoms with van der Waals surface area (Å²) in [6.45, 7) is 8.59. The number of ether oxygens (including phenoxy) is 1. The molecule has 31 heavy (non-hydrogen) atoms. The Kier molecular flexibility index (Phi) is 10.4. The summed E-state index contributed by atoms with van der Waals surface area (Å²) in [6.07, 6.45) is 3.95. The van der Waals surface area contributed by atoms with Gasteiger partial charge >= 0.3 is 0 Å². The fraction of sp³-hybridized carbons (Fsp3) is 0.440. The number of unbranched alkanes of at least 4 members (excludes halogenated alkanes) is 1. The van der Waals surface area contributed by atoms with E-state index < -0.39 is 0 Å². The van der Waals surface area contributed by atoms with E-state index in [9.17, 15) is 9.59 Å². The molecule has 0 heterocycles. The molecule has 2 N–H and O–H groups in total. The van der Waals surface area contributed by atoms with Gasteiger partial charge in [-0.15, -0.1) is 0 Å². The number of benzene rings is 2. The Hall–Kier alpha value is -3.02. The van der Waals surface area contributed by atoms with E-state index in [4.69, 9.17) is 4.74 Å². The van der Waals surface area contributed by atoms with Crippen LogP contribution in [-0.2, 0) is 4.79 Å². The standard InChI is InChI=1S/C25H35N3O3/c1-4-7-17-31-23-10-8-9-22(18-23)27-24(29)19-26-21-13-11-20(12-14-21)25(30)28(15-5-2)16-6-3/h8-14,18,26H,4-7,15-17,19H2,1-3H3,(H,27,29). The lowest BCUT2D eigenvalue weighted by Gasteiger charge is -2.21. The Morgan fingerprint density at radius 3 is 2.26 bits per heavy atom. The first kappa shape index (κ1) is 24.3. The van der Waals surface area contributed by atoms with Gasteiger partial charge in [0.25, 0.3) is 5.91 Å². The van der Waals surface area contributed by atoms with E-state index >= 15 is 0 Å². The third-order valence-corrected chi connectivity index (χ3v) is 4.74. The zero-order valence-corrected chi connectivity index (χ0v) is 18.9. The molecule has 0 bridgehead atoms. The lowest BCUT2D eigenvalue weighted by atomic mass is 10.1. The fourth-order valence-corrected chi connectivity index (χ4v) is 3.15. The fourth-order valence-electron chi connectivity index (χ4n) is 3.15. The molecule has 0 unspecified atom stereocenters. The van der Waals surface area contributed by atoms with Crippen LogP contribution in [0.25, 0.3) is 0 Å². The van der Waals surface area contributed by atoms with E-state index in [1.54, 1.807) is 12.1 Å². The molecule has 0 radical (unpaired) electrons. The summed E-state index contributed by atoms with van der Waals surface area (Å²) in [5.74, 6) is 0.650. The third kappa shape index (κ3) is 8.32. The summed E-state index contributed by atoms with van der Waals surface area (Å²) in [5.41, 5.74) is 2.16. The van der Waals surface area contributed by atoms with Gasteiger partial charge in [0.1, 0.15) is 5.75 Å². The predicted octanol–water partition coefficient (Wildman–Crippen LogP) is 5.18. The Morgan fingerprint density at radius 1 is 0.903 bits per heavy atom. The number of nitrogens with zero attached hydrogens (tertiary/aromatic N) is 1. The Bertz CT molecular complexity index is 815. The highest BCUT2D eigenvalue weighted by Gasteiger charge is 2.14. The molecule has 0 spiro atoms. The number of amides is 2. The van der Waals surface area contributed by atoms with Gasteiger partial charge in [0.05, 0.1) is 13.2 Å². The topological polar surface area (TPSA) is 70.7 Å². The molecule has 0 aliphatic rings. The summed E-state index contributed by atoms with van der Waals surface area (Å²) in [5, 5.41) is 5.97. The molecule has 0 fully saturated rings. The van der Waals surface area contributed by atoms with Crippen molar-refractivity contribution in [1.29, 1.82) is 0 Å². The van der Waals surface area contributed by atoms with Crippen molar-refractivity contribution in [2.45, 2.75) is 46.5 Å². The predicted molar refractivity (Wildman–Crippen MR) is 127 cm³/mol. The van der Waals surface area contributed by atoms with Gasteiger partial charge in [-0.2, -0.15) is 0 Å². The van der Waals surface area contributed by atoms with Crippen LogP contribution in [0.1, 0.15) is 56.8 Å². The van der Waals surface area contributed by atoms with Crippen LogP contribution in [-0.4, -0.2) is 43.0 Å². The summed E-state index contributed by atoms with van der Waals surface area (Å²) >= 11 is 0. The van der Waals surface area contributed by atoms with Gasteiger partial charge in [-0.3, -0.25) is 9.59 Å². The molecule has 0 atom stereocenters. The van der Waals surface area contributed by atoms with Gasteiger partial charge in [0.2, 0.25) is 5.91 Å². The largest absolute Gasteiger partial charge is 0.494 e. The highest BCUT2D eigenvalue weighted by molar-refractivity contribution is 5.95. The van der Waals surface area contributed by atoms with E-state index in [1.807, 2.05) is 41.3 Å². The molecule has 6 heteroatoms. The van der Waals surface area contributed by atoms with Gasteiger partial charge in [0.15, 0.2) is 0 Å². The van der Waals surface area contributed by atoms with Crippen molar-refractivity contribution in [3.8, 4) is 5.75 Å². The number of carbonyl (C=O) groups excluding carboxylic acids is 2. The number of hydrogen-bond acceptors (Lipinski definition) is 4. The zero-order valence-electron chi connectivity index (χ0n) is 18.9. The monoisotopic (exact) mass is 425 g/mol. The highest BCUT2D eigenvalue weighted by Crippen LogP contribution is 2.18. The molecule has 0 aliphatic heterocycles. The van der Waals surface area contributed by atoms with Crippen LogP contribution in [0.15, 0.2) is 48.5 Å². The van der Waals surface area contributed by atoms with Crippen molar-refractivity contribution in [1.82, 2.24) is 4.90 Å². The lowest BCUT2D eigenvalue weighted by molar-refractivity contribution is -0.114. The second kappa shape index (κ2) is 13.3. The molecule has 2 amide bonds. The molecule has 0 saturated heterocycles. The van der Waals surface area contributed by atoms with Gasteiger partial charge in [-0.1, -0.05) is 33.3 Å². The molecular weight excluding hydrogens is 390 g/mol. The Morgan fingerprint density at radius 2 is 1.61 bits per heavy atom. The quantitative estimate of drug-likeness (QED) is 0.434. The average Bonchev–Trinajstić information content (AvgIpc) is 2.78. The van der Waals surface area contributed by atoms with Crippen LogP contribution in [0, 0.1) is 0 Å². The van der Waals surface area contributed by atoms with Crippen molar-refractivity contribution in [2.75, 3.05) is 36.9 Å². The Labute approximate surface area is 186 Å². The smallest absolute Gasteiger partial charge is 0.253 e. The average molecular weight is 426 g/mol. The minimum absolute atomic E-state index is 0.0500. The van der Waals surface area contributed by atoms with Crippen LogP contribution in [0.3, 0.4) is 0 Å². The van der Waals surface area contributed by atoms with Crippen LogP contribution < -0.4 is 15.4 Å². The number of carbonyl (C=O) groups is 2. The van der Waals surface area contributed by atoms with Gasteiger partial charge in [0, 0.05) is 36.1 Å². The minimum atomic E-state index is -0.150. The second-order valence-electron chi connectivity index (χ2n) is 7.50. The number of anilines is 2. The maximum Gasteiger partial charge on any atom is 0.253 e. The van der Waals surface area contributed by atoms with Crippen molar-refractivity contribution in [3.63, 3.8) is 0 Å². The van der Waals surface area contributed by atoms with E-state index in [-0.39, 0.29) is 18.4 Å². The van der Waals surface area contributed by atoms with Crippen molar-refractivity contribution < 1.29 is 14.3 Å². The van der Waals surface area contributed by atoms with Gasteiger partial charge in [-0.25, -0.2) is 0 Å². The van der Waals surface area contributed by atoms with E-state index in [0.717, 1.165) is 50.2 Å². The van der Waals surface area contributed by atoms with Crippen molar-refractivity contribution >= 4 is 23.2 Å². The third-order valence-electron chi connectivity index (χ3n) is 4.74. The van der Waals surface area contributed by atoms with E-state index in [1.165, 1.54) is 0 Å². The van der Waals surface area contributed by atoms with E-state index in [2.05, 4.69) is 31.4 Å².